The Kier molecular flexibility index (Phi) is 7.25. The number of rotatable bonds is 8. The van der Waals surface area contributed by atoms with E-state index in [-0.39, 0.29) is 17.7 Å². The zero-order chi connectivity index (χ0) is 23.7. The Morgan fingerprint density at radius 1 is 1.41 bits per heavy atom. The smallest absolute Gasteiger partial charge is 0.377 e. The number of halogens is 1. The number of nitro groups is 1. The van der Waals surface area contributed by atoms with Crippen LogP contribution in [0.4, 0.5) is 5.69 Å². The van der Waals surface area contributed by atoms with Crippen LogP contribution < -0.4 is 0 Å². The number of non-ortho nitro benzene ring substituents is 1. The number of fused-ring (bicyclic) bond motifs is 1. The fraction of sp³-hybridized carbons (Fsp3) is 0.389. The molecule has 14 heteroatoms. The number of carbonyl (C=O) groups excluding carboxylic acids is 2. The highest BCUT2D eigenvalue weighted by Crippen LogP contribution is 2.64. The lowest BCUT2D eigenvalue weighted by atomic mass is 10.1. The summed E-state index contributed by atoms with van der Waals surface area (Å²) >= 11 is 4.73. The maximum Gasteiger partial charge on any atom is 0.377 e. The first-order valence-corrected chi connectivity index (χ1v) is 12.5. The Bertz CT molecular complexity index is 1050. The SMILES string of the molecule is COP(=O)(OC)C1=C(COC(C)=O)CS[C@H]2N1C(=O)[C@@]2(Br)N=Cc1ccc([N+](=O)[O-])cc1. The molecule has 0 aliphatic carbocycles. The molecule has 0 unspecified atom stereocenters. The van der Waals surface area contributed by atoms with Crippen LogP contribution in [0, 0.1) is 10.1 Å². The molecule has 11 nitrogen and oxygen atoms in total. The molecule has 0 radical (unpaired) electrons. The van der Waals surface area contributed by atoms with Gasteiger partial charge >= 0.3 is 13.6 Å². The first-order valence-electron chi connectivity index (χ1n) is 9.08. The molecule has 0 saturated carbocycles. The van der Waals surface area contributed by atoms with Crippen molar-refractivity contribution in [2.45, 2.75) is 16.7 Å². The summed E-state index contributed by atoms with van der Waals surface area (Å²) in [5.41, 5.74) is 0.982. The van der Waals surface area contributed by atoms with Gasteiger partial charge in [-0.25, -0.2) is 0 Å². The molecule has 1 saturated heterocycles. The lowest BCUT2D eigenvalue weighted by Crippen LogP contribution is -2.69. The van der Waals surface area contributed by atoms with Crippen molar-refractivity contribution in [2.75, 3.05) is 26.6 Å². The molecule has 1 aromatic rings. The van der Waals surface area contributed by atoms with E-state index in [9.17, 15) is 24.3 Å². The highest BCUT2D eigenvalue weighted by molar-refractivity contribution is 9.10. The molecular weight excluding hydrogens is 529 g/mol. The zero-order valence-corrected chi connectivity index (χ0v) is 20.5. The second kappa shape index (κ2) is 9.44. The van der Waals surface area contributed by atoms with Crippen LogP contribution >= 0.6 is 35.3 Å². The van der Waals surface area contributed by atoms with E-state index in [2.05, 4.69) is 20.9 Å². The Labute approximate surface area is 196 Å². The summed E-state index contributed by atoms with van der Waals surface area (Å²) in [5.74, 6) is -0.725. The standard InChI is InChI=1S/C18H19BrN3O8PS/c1-11(23)30-9-13-10-32-17-18(19,16(24)21(17)15(13)31(27,28-2)29-3)20-8-12-4-6-14(7-5-12)22(25)26/h4-8,17H,9-10H2,1-3H3/t17-,18-/m1/s1. The molecule has 2 heterocycles. The van der Waals surface area contributed by atoms with E-state index < -0.39 is 34.2 Å². The monoisotopic (exact) mass is 547 g/mol. The minimum Gasteiger partial charge on any atom is -0.461 e. The second-order valence-electron chi connectivity index (χ2n) is 6.69. The third kappa shape index (κ3) is 4.40. The average molecular weight is 548 g/mol. The van der Waals surface area contributed by atoms with E-state index in [0.29, 0.717) is 16.9 Å². The third-order valence-corrected chi connectivity index (χ3v) is 9.41. The topological polar surface area (TPSA) is 138 Å². The molecule has 32 heavy (non-hydrogen) atoms. The minimum absolute atomic E-state index is 0.0399. The molecule has 0 spiro atoms. The number of hydrogen-bond acceptors (Lipinski definition) is 10. The normalized spacial score (nSPS) is 23.2. The highest BCUT2D eigenvalue weighted by Gasteiger charge is 2.65. The Hall–Kier alpha value is -2.05. The lowest BCUT2D eigenvalue weighted by molar-refractivity contribution is -0.384. The number of β-lactam (4-membered cyclic amide) rings is 1. The number of carbonyl (C=O) groups is 2. The average Bonchev–Trinajstić information content (AvgIpc) is 2.79. The Morgan fingerprint density at radius 2 is 2.03 bits per heavy atom. The van der Waals surface area contributed by atoms with Gasteiger partial charge in [-0.3, -0.25) is 34.2 Å². The van der Waals surface area contributed by atoms with E-state index in [0.717, 1.165) is 0 Å². The molecule has 0 bridgehead atoms. The van der Waals surface area contributed by atoms with Crippen molar-refractivity contribution < 1.29 is 32.9 Å². The van der Waals surface area contributed by atoms with Gasteiger partial charge in [-0.1, -0.05) is 0 Å². The third-order valence-electron chi connectivity index (χ3n) is 4.74. The van der Waals surface area contributed by atoms with Gasteiger partial charge in [0.15, 0.2) is 0 Å². The summed E-state index contributed by atoms with van der Waals surface area (Å²) in [6.45, 7) is 1.09. The van der Waals surface area contributed by atoms with Gasteiger partial charge in [-0.05, 0) is 33.6 Å². The van der Waals surface area contributed by atoms with Crippen LogP contribution in [0.5, 0.6) is 0 Å². The largest absolute Gasteiger partial charge is 0.461 e. The summed E-state index contributed by atoms with van der Waals surface area (Å²) in [4.78, 5) is 40.3. The molecule has 2 atom stereocenters. The number of benzene rings is 1. The molecule has 0 N–H and O–H groups in total. The lowest BCUT2D eigenvalue weighted by Gasteiger charge is -2.53. The molecular formula is C18H19BrN3O8PS. The van der Waals surface area contributed by atoms with Gasteiger partial charge in [0.05, 0.1) is 4.92 Å². The Morgan fingerprint density at radius 3 is 2.56 bits per heavy atom. The van der Waals surface area contributed by atoms with Crippen LogP contribution in [0.1, 0.15) is 12.5 Å². The number of amides is 1. The van der Waals surface area contributed by atoms with Gasteiger partial charge in [-0.15, -0.1) is 11.8 Å². The molecule has 0 aromatic heterocycles. The van der Waals surface area contributed by atoms with Gasteiger partial charge < -0.3 is 13.8 Å². The van der Waals surface area contributed by atoms with Gasteiger partial charge in [-0.2, -0.15) is 0 Å². The summed E-state index contributed by atoms with van der Waals surface area (Å²) in [6.07, 6.45) is 1.43. The van der Waals surface area contributed by atoms with Crippen molar-refractivity contribution in [3.63, 3.8) is 0 Å². The Balaban J connectivity index is 1.91. The summed E-state index contributed by atoms with van der Waals surface area (Å²) in [7, 11) is -1.45. The van der Waals surface area contributed by atoms with Crippen molar-refractivity contribution in [2.24, 2.45) is 4.99 Å². The maximum atomic E-state index is 13.2. The van der Waals surface area contributed by atoms with E-state index in [1.807, 2.05) is 0 Å². The zero-order valence-electron chi connectivity index (χ0n) is 17.2. The number of thioether (sulfide) groups is 1. The van der Waals surface area contributed by atoms with Gasteiger partial charge in [0, 0.05) is 50.8 Å². The number of esters is 1. The number of aliphatic imine (C=N–C) groups is 1. The van der Waals surface area contributed by atoms with Crippen molar-refractivity contribution in [1.82, 2.24) is 4.90 Å². The first kappa shape index (κ1) is 24.6. The van der Waals surface area contributed by atoms with Crippen molar-refractivity contribution in [1.29, 1.82) is 0 Å². The number of ether oxygens (including phenoxy) is 1. The van der Waals surface area contributed by atoms with E-state index in [1.165, 1.54) is 68.3 Å². The maximum absolute atomic E-state index is 13.2. The molecule has 1 amide bonds. The number of nitrogens with zero attached hydrogens (tertiary/aromatic N) is 3. The molecule has 172 valence electrons. The van der Waals surface area contributed by atoms with E-state index >= 15 is 0 Å². The fourth-order valence-corrected chi connectivity index (χ4v) is 7.02. The molecule has 1 fully saturated rings. The van der Waals surface area contributed by atoms with Gasteiger partial charge in [0.1, 0.15) is 17.4 Å². The van der Waals surface area contributed by atoms with Crippen LogP contribution in [0.3, 0.4) is 0 Å². The van der Waals surface area contributed by atoms with E-state index in [1.54, 1.807) is 0 Å². The fourth-order valence-electron chi connectivity index (χ4n) is 3.13. The van der Waals surface area contributed by atoms with Crippen molar-refractivity contribution in [3.8, 4) is 0 Å². The minimum atomic E-state index is -3.86. The number of alkyl halides is 1. The number of nitro benzene ring substituents is 1. The first-order chi connectivity index (χ1) is 15.1. The summed E-state index contributed by atoms with van der Waals surface area (Å²) in [5, 5.41) is 10.2. The summed E-state index contributed by atoms with van der Waals surface area (Å²) < 4.78 is 27.2. The molecule has 1 aromatic carbocycles. The van der Waals surface area contributed by atoms with Crippen LogP contribution in [-0.4, -0.2) is 64.3 Å². The van der Waals surface area contributed by atoms with Gasteiger partial charge in [0.25, 0.3) is 11.6 Å². The van der Waals surface area contributed by atoms with Crippen molar-refractivity contribution in [3.05, 3.63) is 51.0 Å². The second-order valence-corrected chi connectivity index (χ2v) is 11.1. The molecule has 3 rings (SSSR count). The number of hydrogen-bond donors (Lipinski definition) is 0. The quantitative estimate of drug-likeness (QED) is 0.0700. The molecule has 2 aliphatic rings. The van der Waals surface area contributed by atoms with Crippen LogP contribution in [0.15, 0.2) is 40.3 Å². The summed E-state index contributed by atoms with van der Waals surface area (Å²) in [6, 6.07) is 5.70. The predicted molar refractivity (Wildman–Crippen MR) is 121 cm³/mol. The highest BCUT2D eigenvalue weighted by atomic mass is 79.9. The van der Waals surface area contributed by atoms with Crippen LogP contribution in [0.25, 0.3) is 0 Å². The van der Waals surface area contributed by atoms with E-state index in [4.69, 9.17) is 13.8 Å². The predicted octanol–water partition coefficient (Wildman–Crippen LogP) is 3.28. The van der Waals surface area contributed by atoms with Crippen LogP contribution in [0.2, 0.25) is 0 Å². The van der Waals surface area contributed by atoms with Crippen molar-refractivity contribution >= 4 is 59.1 Å². The molecule has 2 aliphatic heterocycles. The van der Waals surface area contributed by atoms with Crippen LogP contribution in [-0.2, 0) is 27.9 Å². The van der Waals surface area contributed by atoms with Gasteiger partial charge in [0.2, 0.25) is 4.45 Å².